The van der Waals surface area contributed by atoms with Gasteiger partial charge in [0.15, 0.2) is 46.2 Å². The molecule has 0 amide bonds. The van der Waals surface area contributed by atoms with Crippen molar-refractivity contribution in [3.63, 3.8) is 0 Å². The first-order chi connectivity index (χ1) is 15.0. The van der Waals surface area contributed by atoms with E-state index in [1.165, 1.54) is 12.1 Å². The van der Waals surface area contributed by atoms with Crippen LogP contribution in [0.25, 0.3) is 0 Å². The van der Waals surface area contributed by atoms with Gasteiger partial charge in [0.1, 0.15) is 17.2 Å². The minimum atomic E-state index is -2.44. The normalized spacial score (nSPS) is 19.7. The van der Waals surface area contributed by atoms with E-state index in [1.54, 1.807) is 0 Å². The van der Waals surface area contributed by atoms with E-state index in [0.717, 1.165) is 30.3 Å². The molecular formula is C22H18O10. The highest BCUT2D eigenvalue weighted by atomic mass is 16.5. The van der Waals surface area contributed by atoms with E-state index < -0.39 is 58.4 Å². The van der Waals surface area contributed by atoms with Crippen LogP contribution in [0.2, 0.25) is 0 Å². The third-order valence-corrected chi connectivity index (χ3v) is 5.32. The second kappa shape index (κ2) is 7.13. The zero-order chi connectivity index (χ0) is 23.4. The minimum absolute atomic E-state index is 0.00474. The van der Waals surface area contributed by atoms with Gasteiger partial charge in [0.05, 0.1) is 0 Å². The molecule has 1 aliphatic rings. The molecule has 1 aliphatic heterocycles. The molecule has 0 fully saturated rings. The van der Waals surface area contributed by atoms with Crippen LogP contribution in [0.1, 0.15) is 27.6 Å². The van der Waals surface area contributed by atoms with E-state index in [1.807, 2.05) is 0 Å². The molecule has 0 aromatic heterocycles. The number of fused-ring (bicyclic) bond motifs is 1. The van der Waals surface area contributed by atoms with Gasteiger partial charge in [-0.2, -0.15) is 0 Å². The van der Waals surface area contributed by atoms with E-state index in [9.17, 15) is 45.6 Å². The van der Waals surface area contributed by atoms with Crippen LogP contribution in [0.4, 0.5) is 0 Å². The zero-order valence-corrected chi connectivity index (χ0v) is 16.2. The number of carbonyl (C=O) groups excluding carboxylic acids is 1. The molecule has 0 saturated carbocycles. The largest absolute Gasteiger partial charge is 0.508 e. The molecule has 0 radical (unpaired) electrons. The fourth-order valence-corrected chi connectivity index (χ4v) is 3.72. The fourth-order valence-electron chi connectivity index (χ4n) is 3.72. The van der Waals surface area contributed by atoms with Crippen LogP contribution in [0.5, 0.6) is 46.0 Å². The van der Waals surface area contributed by atoms with Crippen LogP contribution in [0.15, 0.2) is 42.5 Å². The van der Waals surface area contributed by atoms with Crippen molar-refractivity contribution in [1.29, 1.82) is 0 Å². The third kappa shape index (κ3) is 3.22. The van der Waals surface area contributed by atoms with E-state index >= 15 is 0 Å². The molecule has 4 rings (SSSR count). The van der Waals surface area contributed by atoms with Gasteiger partial charge in [0.25, 0.3) is 0 Å². The lowest BCUT2D eigenvalue weighted by Gasteiger charge is -2.40. The highest BCUT2D eigenvalue weighted by Crippen LogP contribution is 2.48. The first kappa shape index (κ1) is 20.9. The van der Waals surface area contributed by atoms with Gasteiger partial charge in [-0.15, -0.1) is 0 Å². The summed E-state index contributed by atoms with van der Waals surface area (Å²) < 4.78 is 5.76. The van der Waals surface area contributed by atoms with Crippen LogP contribution in [0, 0.1) is 0 Å². The summed E-state index contributed by atoms with van der Waals surface area (Å²) in [5.74, 6) is -5.33. The first-order valence-corrected chi connectivity index (χ1v) is 9.26. The number of hydrogen-bond acceptors (Lipinski definition) is 10. The maximum atomic E-state index is 13.4. The smallest absolute Gasteiger partial charge is 0.200 e. The number of benzene rings is 3. The Balaban J connectivity index is 1.90. The number of aromatic hydroxyl groups is 7. The molecule has 0 saturated heterocycles. The Morgan fingerprint density at radius 3 is 2.09 bits per heavy atom. The highest BCUT2D eigenvalue weighted by Gasteiger charge is 2.51. The molecule has 0 aliphatic carbocycles. The lowest BCUT2D eigenvalue weighted by atomic mass is 9.77. The summed E-state index contributed by atoms with van der Waals surface area (Å²) in [6, 6.07) is 7.32. The summed E-state index contributed by atoms with van der Waals surface area (Å²) in [6.45, 7) is 0. The number of rotatable bonds is 3. The molecular weight excluding hydrogens is 424 g/mol. The molecule has 2 atom stereocenters. The number of phenolic OH excluding ortho intramolecular Hbond substituents is 7. The molecule has 3 aromatic rings. The quantitative estimate of drug-likeness (QED) is 0.220. The van der Waals surface area contributed by atoms with Crippen molar-refractivity contribution >= 4 is 5.78 Å². The third-order valence-electron chi connectivity index (χ3n) is 5.32. The maximum absolute atomic E-state index is 13.4. The van der Waals surface area contributed by atoms with Crippen molar-refractivity contribution in [3.8, 4) is 46.0 Å². The van der Waals surface area contributed by atoms with E-state index in [0.29, 0.717) is 0 Å². The number of Topliss-reactive ketones (excluding diaryl/α,β-unsaturated/α-hetero) is 1. The number of ether oxygens (including phenoxy) is 1. The van der Waals surface area contributed by atoms with Crippen molar-refractivity contribution in [2.24, 2.45) is 0 Å². The summed E-state index contributed by atoms with van der Waals surface area (Å²) in [5, 5.41) is 80.2. The van der Waals surface area contributed by atoms with Gasteiger partial charge in [-0.3, -0.25) is 4.79 Å². The second-order valence-electron chi connectivity index (χ2n) is 7.48. The molecule has 0 bridgehead atoms. The molecule has 32 heavy (non-hydrogen) atoms. The fraction of sp³-hybridized carbons (Fsp3) is 0.136. The SMILES string of the molecule is O=C(c1cc(O)c(O)c(O)c1)C1(O)Cc2c(O)cc(O)cc2OC1c1ccc(O)c(O)c1. The summed E-state index contributed by atoms with van der Waals surface area (Å²) in [5.41, 5.74) is -2.75. The molecule has 1 heterocycles. The number of hydrogen-bond donors (Lipinski definition) is 8. The highest BCUT2D eigenvalue weighted by molar-refractivity contribution is 6.04. The Bertz CT molecular complexity index is 1230. The van der Waals surface area contributed by atoms with Crippen LogP contribution >= 0.6 is 0 Å². The zero-order valence-electron chi connectivity index (χ0n) is 16.2. The first-order valence-electron chi connectivity index (χ1n) is 9.26. The summed E-state index contributed by atoms with van der Waals surface area (Å²) in [7, 11) is 0. The van der Waals surface area contributed by atoms with Crippen LogP contribution in [-0.4, -0.2) is 52.2 Å². The topological polar surface area (TPSA) is 188 Å². The van der Waals surface area contributed by atoms with Crippen LogP contribution in [-0.2, 0) is 6.42 Å². The van der Waals surface area contributed by atoms with E-state index in [2.05, 4.69) is 0 Å². The van der Waals surface area contributed by atoms with Gasteiger partial charge < -0.3 is 45.6 Å². The molecule has 0 spiro atoms. The van der Waals surface area contributed by atoms with Gasteiger partial charge in [0, 0.05) is 29.7 Å². The predicted molar refractivity (Wildman–Crippen MR) is 107 cm³/mol. The molecule has 166 valence electrons. The molecule has 10 nitrogen and oxygen atoms in total. The van der Waals surface area contributed by atoms with Gasteiger partial charge in [-0.25, -0.2) is 0 Å². The molecule has 10 heteroatoms. The minimum Gasteiger partial charge on any atom is -0.508 e. The Morgan fingerprint density at radius 2 is 1.47 bits per heavy atom. The van der Waals surface area contributed by atoms with E-state index in [-0.39, 0.29) is 28.2 Å². The Kier molecular flexibility index (Phi) is 4.67. The predicted octanol–water partition coefficient (Wildman–Crippen LogP) is 1.92. The van der Waals surface area contributed by atoms with Crippen molar-refractivity contribution in [2.45, 2.75) is 18.1 Å². The van der Waals surface area contributed by atoms with Crippen molar-refractivity contribution in [3.05, 3.63) is 59.2 Å². The van der Waals surface area contributed by atoms with Gasteiger partial charge in [-0.1, -0.05) is 6.07 Å². The number of carbonyl (C=O) groups is 1. The van der Waals surface area contributed by atoms with Gasteiger partial charge in [0.2, 0.25) is 0 Å². The average molecular weight is 442 g/mol. The number of phenols is 7. The summed E-state index contributed by atoms with van der Waals surface area (Å²) >= 11 is 0. The summed E-state index contributed by atoms with van der Waals surface area (Å²) in [4.78, 5) is 13.4. The Hall–Kier alpha value is -4.31. The Morgan fingerprint density at radius 1 is 0.812 bits per heavy atom. The van der Waals surface area contributed by atoms with Crippen LogP contribution < -0.4 is 4.74 Å². The monoisotopic (exact) mass is 442 g/mol. The lowest BCUT2D eigenvalue weighted by molar-refractivity contribution is -0.0521. The summed E-state index contributed by atoms with van der Waals surface area (Å²) in [6.07, 6.45) is -2.02. The van der Waals surface area contributed by atoms with Crippen molar-refractivity contribution in [1.82, 2.24) is 0 Å². The second-order valence-corrected chi connectivity index (χ2v) is 7.48. The molecule has 3 aromatic carbocycles. The Labute approximate surface area is 180 Å². The van der Waals surface area contributed by atoms with E-state index in [4.69, 9.17) is 4.74 Å². The number of ketones is 1. The van der Waals surface area contributed by atoms with Gasteiger partial charge >= 0.3 is 0 Å². The standard InChI is InChI=1S/C22H18O10/c23-11-6-14(25)12-8-22(31,20(30)10-4-16(27)19(29)17(28)5-10)21(32-18(12)7-11)9-1-2-13(24)15(26)3-9/h1-7,21,23-29,31H,8H2. The van der Waals surface area contributed by atoms with Crippen molar-refractivity contribution < 1.29 is 50.4 Å². The molecule has 8 N–H and O–H groups in total. The van der Waals surface area contributed by atoms with Gasteiger partial charge in [-0.05, 0) is 29.8 Å². The molecule has 2 unspecified atom stereocenters. The number of aliphatic hydroxyl groups is 1. The lowest BCUT2D eigenvalue weighted by Crippen LogP contribution is -2.51. The average Bonchev–Trinajstić information content (AvgIpc) is 2.73. The van der Waals surface area contributed by atoms with Crippen LogP contribution in [0.3, 0.4) is 0 Å². The maximum Gasteiger partial charge on any atom is 0.200 e. The van der Waals surface area contributed by atoms with Crippen molar-refractivity contribution in [2.75, 3.05) is 0 Å².